The highest BCUT2D eigenvalue weighted by Crippen LogP contribution is 2.16. The maximum atomic E-state index is 12.2. The van der Waals surface area contributed by atoms with E-state index in [-0.39, 0.29) is 12.4 Å². The van der Waals surface area contributed by atoms with Crippen molar-refractivity contribution in [2.24, 2.45) is 0 Å². The maximum Gasteiger partial charge on any atom is 0.338 e. The molecule has 118 valence electrons. The second-order valence-electron chi connectivity index (χ2n) is 5.49. The fraction of sp³-hybridized carbons (Fsp3) is 0.211. The molecule has 0 spiro atoms. The Labute approximate surface area is 135 Å². The summed E-state index contributed by atoms with van der Waals surface area (Å²) in [6, 6.07) is 9.82. The molecular weight excluding hydrogens is 292 g/mol. The number of carbonyl (C=O) groups excluding carboxylic acids is 3. The Morgan fingerprint density at radius 3 is 2.17 bits per heavy atom. The van der Waals surface area contributed by atoms with E-state index in [4.69, 9.17) is 4.74 Å². The molecule has 0 heterocycles. The van der Waals surface area contributed by atoms with Crippen LogP contribution < -0.4 is 0 Å². The number of ether oxygens (including phenoxy) is 1. The lowest BCUT2D eigenvalue weighted by Gasteiger charge is -2.09. The first-order chi connectivity index (χ1) is 10.9. The molecule has 0 amide bonds. The molecule has 0 aliphatic rings. The minimum absolute atomic E-state index is 0.233. The van der Waals surface area contributed by atoms with Gasteiger partial charge in [0.25, 0.3) is 0 Å². The first kappa shape index (κ1) is 16.6. The summed E-state index contributed by atoms with van der Waals surface area (Å²) in [4.78, 5) is 34.7. The van der Waals surface area contributed by atoms with Crippen LogP contribution >= 0.6 is 0 Å². The SMILES string of the molecule is Cc1cc(C)c(C(=O)COC(=O)c2ccc(C=O)cc2)cc1C. The Balaban J connectivity index is 2.05. The average Bonchev–Trinajstić information content (AvgIpc) is 2.55. The van der Waals surface area contributed by atoms with E-state index in [9.17, 15) is 14.4 Å². The number of rotatable bonds is 5. The zero-order valence-corrected chi connectivity index (χ0v) is 13.4. The van der Waals surface area contributed by atoms with Crippen molar-refractivity contribution in [1.29, 1.82) is 0 Å². The normalized spacial score (nSPS) is 10.2. The molecule has 0 atom stereocenters. The Morgan fingerprint density at radius 1 is 0.957 bits per heavy atom. The van der Waals surface area contributed by atoms with Crippen LogP contribution in [-0.4, -0.2) is 24.6 Å². The van der Waals surface area contributed by atoms with Crippen molar-refractivity contribution >= 4 is 18.0 Å². The van der Waals surface area contributed by atoms with Crippen molar-refractivity contribution in [2.45, 2.75) is 20.8 Å². The number of hydrogen-bond acceptors (Lipinski definition) is 4. The molecule has 0 bridgehead atoms. The Hall–Kier alpha value is -2.75. The monoisotopic (exact) mass is 310 g/mol. The minimum atomic E-state index is -0.586. The standard InChI is InChI=1S/C19H18O4/c1-12-8-14(3)17(9-13(12)2)18(21)11-23-19(22)16-6-4-15(10-20)5-7-16/h4-10H,11H2,1-3H3. The van der Waals surface area contributed by atoms with Crippen LogP contribution in [0.5, 0.6) is 0 Å². The number of aryl methyl sites for hydroxylation is 3. The van der Waals surface area contributed by atoms with E-state index < -0.39 is 5.97 Å². The van der Waals surface area contributed by atoms with Gasteiger partial charge < -0.3 is 4.74 Å². The molecule has 2 aromatic carbocycles. The third-order valence-electron chi connectivity index (χ3n) is 3.76. The first-order valence-electron chi connectivity index (χ1n) is 7.26. The Morgan fingerprint density at radius 2 is 1.57 bits per heavy atom. The number of aldehydes is 1. The summed E-state index contributed by atoms with van der Waals surface area (Å²) in [5, 5.41) is 0. The van der Waals surface area contributed by atoms with Gasteiger partial charge in [-0.2, -0.15) is 0 Å². The molecule has 0 unspecified atom stereocenters. The summed E-state index contributed by atoms with van der Waals surface area (Å²) in [6.07, 6.45) is 0.696. The van der Waals surface area contributed by atoms with Gasteiger partial charge in [0.1, 0.15) is 6.29 Å². The van der Waals surface area contributed by atoms with Crippen molar-refractivity contribution in [3.63, 3.8) is 0 Å². The smallest absolute Gasteiger partial charge is 0.338 e. The van der Waals surface area contributed by atoms with E-state index in [1.165, 1.54) is 24.3 Å². The molecule has 0 radical (unpaired) electrons. The van der Waals surface area contributed by atoms with Crippen molar-refractivity contribution < 1.29 is 19.1 Å². The van der Waals surface area contributed by atoms with Gasteiger partial charge in [0.2, 0.25) is 5.78 Å². The van der Waals surface area contributed by atoms with Crippen LogP contribution in [0.2, 0.25) is 0 Å². The second-order valence-corrected chi connectivity index (χ2v) is 5.49. The van der Waals surface area contributed by atoms with E-state index >= 15 is 0 Å². The quantitative estimate of drug-likeness (QED) is 0.482. The zero-order chi connectivity index (χ0) is 17.0. The summed E-state index contributed by atoms with van der Waals surface area (Å²) in [7, 11) is 0. The lowest BCUT2D eigenvalue weighted by Crippen LogP contribution is -2.15. The average molecular weight is 310 g/mol. The third kappa shape index (κ3) is 3.92. The lowest BCUT2D eigenvalue weighted by molar-refractivity contribution is 0.0474. The Bertz CT molecular complexity index is 758. The van der Waals surface area contributed by atoms with Crippen LogP contribution in [0, 0.1) is 20.8 Å². The topological polar surface area (TPSA) is 60.4 Å². The molecular formula is C19H18O4. The van der Waals surface area contributed by atoms with Gasteiger partial charge in [-0.1, -0.05) is 18.2 Å². The van der Waals surface area contributed by atoms with Crippen LogP contribution in [0.25, 0.3) is 0 Å². The molecule has 0 fully saturated rings. The minimum Gasteiger partial charge on any atom is -0.454 e. The summed E-state index contributed by atoms with van der Waals surface area (Å²) in [6.45, 7) is 5.48. The highest BCUT2D eigenvalue weighted by atomic mass is 16.5. The molecule has 2 rings (SSSR count). The summed E-state index contributed by atoms with van der Waals surface area (Å²) in [5.74, 6) is -0.819. The van der Waals surface area contributed by atoms with Gasteiger partial charge in [0, 0.05) is 11.1 Å². The highest BCUT2D eigenvalue weighted by Gasteiger charge is 2.14. The van der Waals surface area contributed by atoms with E-state index in [2.05, 4.69) is 0 Å². The molecule has 0 N–H and O–H groups in total. The van der Waals surface area contributed by atoms with Gasteiger partial charge >= 0.3 is 5.97 Å². The van der Waals surface area contributed by atoms with Crippen molar-refractivity contribution in [2.75, 3.05) is 6.61 Å². The molecule has 4 heteroatoms. The lowest BCUT2D eigenvalue weighted by atomic mass is 9.98. The summed E-state index contributed by atoms with van der Waals surface area (Å²) >= 11 is 0. The molecule has 23 heavy (non-hydrogen) atoms. The number of esters is 1. The molecule has 2 aromatic rings. The van der Waals surface area contributed by atoms with Crippen LogP contribution in [0.15, 0.2) is 36.4 Å². The highest BCUT2D eigenvalue weighted by molar-refractivity contribution is 6.00. The van der Waals surface area contributed by atoms with Crippen molar-refractivity contribution in [1.82, 2.24) is 0 Å². The number of ketones is 1. The van der Waals surface area contributed by atoms with E-state index in [0.717, 1.165) is 16.7 Å². The van der Waals surface area contributed by atoms with Gasteiger partial charge in [-0.15, -0.1) is 0 Å². The fourth-order valence-electron chi connectivity index (χ4n) is 2.25. The van der Waals surface area contributed by atoms with Crippen LogP contribution in [0.1, 0.15) is 47.8 Å². The zero-order valence-electron chi connectivity index (χ0n) is 13.4. The van der Waals surface area contributed by atoms with Crippen LogP contribution in [0.3, 0.4) is 0 Å². The number of hydrogen-bond donors (Lipinski definition) is 0. The number of benzene rings is 2. The van der Waals surface area contributed by atoms with Gasteiger partial charge in [0.15, 0.2) is 6.61 Å². The fourth-order valence-corrected chi connectivity index (χ4v) is 2.25. The summed E-state index contributed by atoms with van der Waals surface area (Å²) in [5.41, 5.74) is 4.35. The van der Waals surface area contributed by atoms with Gasteiger partial charge in [-0.05, 0) is 55.7 Å². The Kier molecular flexibility index (Phi) is 5.06. The van der Waals surface area contributed by atoms with Crippen LogP contribution in [0.4, 0.5) is 0 Å². The maximum absolute atomic E-state index is 12.2. The van der Waals surface area contributed by atoms with Crippen molar-refractivity contribution in [3.8, 4) is 0 Å². The third-order valence-corrected chi connectivity index (χ3v) is 3.76. The predicted molar refractivity (Wildman–Crippen MR) is 87.1 cm³/mol. The molecule has 0 aliphatic heterocycles. The van der Waals surface area contributed by atoms with E-state index in [1.54, 1.807) is 0 Å². The van der Waals surface area contributed by atoms with Crippen LogP contribution in [-0.2, 0) is 4.74 Å². The van der Waals surface area contributed by atoms with Gasteiger partial charge in [-0.3, -0.25) is 9.59 Å². The predicted octanol–water partition coefficient (Wildman–Crippen LogP) is 3.46. The summed E-state index contributed by atoms with van der Waals surface area (Å²) < 4.78 is 5.07. The van der Waals surface area contributed by atoms with E-state index in [0.29, 0.717) is 23.0 Å². The van der Waals surface area contributed by atoms with E-state index in [1.807, 2.05) is 32.9 Å². The van der Waals surface area contributed by atoms with Gasteiger partial charge in [0.05, 0.1) is 5.56 Å². The molecule has 0 saturated heterocycles. The van der Waals surface area contributed by atoms with Gasteiger partial charge in [-0.25, -0.2) is 4.79 Å². The number of carbonyl (C=O) groups is 3. The molecule has 0 aromatic heterocycles. The second kappa shape index (κ2) is 7.01. The van der Waals surface area contributed by atoms with Crippen molar-refractivity contribution in [3.05, 3.63) is 69.8 Å². The largest absolute Gasteiger partial charge is 0.454 e. The molecule has 4 nitrogen and oxygen atoms in total. The first-order valence-corrected chi connectivity index (χ1v) is 7.26. The molecule has 0 saturated carbocycles. The molecule has 0 aliphatic carbocycles. The number of Topliss-reactive ketones (excluding diaryl/α,β-unsaturated/α-hetero) is 1.